The van der Waals surface area contributed by atoms with Crippen molar-refractivity contribution in [1.82, 2.24) is 5.32 Å². The monoisotopic (exact) mass is 397 g/mol. The first-order chi connectivity index (χ1) is 14.2. The van der Waals surface area contributed by atoms with Crippen molar-refractivity contribution in [1.29, 1.82) is 0 Å². The molecule has 152 valence electrons. The van der Waals surface area contributed by atoms with Crippen LogP contribution in [0.2, 0.25) is 0 Å². The van der Waals surface area contributed by atoms with Crippen LogP contribution in [0, 0.1) is 0 Å². The van der Waals surface area contributed by atoms with E-state index in [1.165, 1.54) is 6.08 Å². The summed E-state index contributed by atoms with van der Waals surface area (Å²) in [6.07, 6.45) is 3.48. The molecule has 0 saturated heterocycles. The molecule has 1 aliphatic heterocycles. The van der Waals surface area contributed by atoms with Crippen LogP contribution in [-0.4, -0.2) is 45.4 Å². The number of nitrogens with one attached hydrogen (secondary N) is 1. The number of esters is 1. The summed E-state index contributed by atoms with van der Waals surface area (Å²) in [6.45, 7) is 1.17. The number of benzene rings is 2. The van der Waals surface area contributed by atoms with E-state index >= 15 is 0 Å². The Morgan fingerprint density at radius 1 is 1.10 bits per heavy atom. The van der Waals surface area contributed by atoms with Crippen molar-refractivity contribution in [3.05, 3.63) is 59.7 Å². The van der Waals surface area contributed by atoms with Crippen LogP contribution >= 0.6 is 0 Å². The van der Waals surface area contributed by atoms with Gasteiger partial charge in [-0.05, 0) is 36.3 Å². The predicted octanol–water partition coefficient (Wildman–Crippen LogP) is 2.38. The summed E-state index contributed by atoms with van der Waals surface area (Å²) in [5.74, 6) is 1.14. The Morgan fingerprint density at radius 3 is 2.72 bits per heavy atom. The van der Waals surface area contributed by atoms with E-state index in [0.29, 0.717) is 31.9 Å². The largest absolute Gasteiger partial charge is 0.496 e. The maximum absolute atomic E-state index is 11.9. The Bertz CT molecular complexity index is 893. The lowest BCUT2D eigenvalue weighted by Gasteiger charge is -2.18. The Balaban J connectivity index is 1.38. The third kappa shape index (κ3) is 6.00. The van der Waals surface area contributed by atoms with Gasteiger partial charge in [0.2, 0.25) is 0 Å². The number of methoxy groups -OCH3 is 1. The smallest absolute Gasteiger partial charge is 0.331 e. The Labute approximate surface area is 169 Å². The van der Waals surface area contributed by atoms with Gasteiger partial charge in [0, 0.05) is 18.2 Å². The third-order valence-corrected chi connectivity index (χ3v) is 4.23. The van der Waals surface area contributed by atoms with E-state index < -0.39 is 5.97 Å². The fraction of sp³-hybridized carbons (Fsp3) is 0.273. The molecule has 1 N–H and O–H groups in total. The van der Waals surface area contributed by atoms with Gasteiger partial charge in [0.1, 0.15) is 19.0 Å². The average Bonchev–Trinajstić information content (AvgIpc) is 2.76. The quantitative estimate of drug-likeness (QED) is 0.544. The SMILES string of the molecule is COc1ccccc1C=CC(=O)OCC(=O)NCCc1ccc2c(c1)OCCO2. The first-order valence-corrected chi connectivity index (χ1v) is 9.29. The van der Waals surface area contributed by atoms with Crippen LogP contribution < -0.4 is 19.5 Å². The highest BCUT2D eigenvalue weighted by Gasteiger charge is 2.12. The molecule has 0 spiro atoms. The fourth-order valence-electron chi connectivity index (χ4n) is 2.79. The Kier molecular flexibility index (Phi) is 7.10. The van der Waals surface area contributed by atoms with E-state index in [0.717, 1.165) is 22.6 Å². The zero-order valence-corrected chi connectivity index (χ0v) is 16.2. The highest BCUT2D eigenvalue weighted by Crippen LogP contribution is 2.30. The lowest BCUT2D eigenvalue weighted by molar-refractivity contribution is -0.143. The summed E-state index contributed by atoms with van der Waals surface area (Å²) in [6, 6.07) is 13.0. The van der Waals surface area contributed by atoms with E-state index in [-0.39, 0.29) is 12.5 Å². The summed E-state index contributed by atoms with van der Waals surface area (Å²) in [5, 5.41) is 2.73. The first kappa shape index (κ1) is 20.3. The molecule has 3 rings (SSSR count). The Morgan fingerprint density at radius 2 is 1.90 bits per heavy atom. The van der Waals surface area contributed by atoms with Gasteiger partial charge in [0.25, 0.3) is 5.91 Å². The minimum Gasteiger partial charge on any atom is -0.496 e. The molecule has 0 bridgehead atoms. The van der Waals surface area contributed by atoms with Gasteiger partial charge in [-0.1, -0.05) is 24.3 Å². The van der Waals surface area contributed by atoms with Crippen LogP contribution in [0.3, 0.4) is 0 Å². The number of rotatable bonds is 8. The number of amides is 1. The van der Waals surface area contributed by atoms with Crippen molar-refractivity contribution < 1.29 is 28.5 Å². The summed E-state index contributed by atoms with van der Waals surface area (Å²) in [7, 11) is 1.56. The number of ether oxygens (including phenoxy) is 4. The molecule has 0 atom stereocenters. The lowest BCUT2D eigenvalue weighted by atomic mass is 10.1. The normalized spacial score (nSPS) is 12.4. The van der Waals surface area contributed by atoms with E-state index in [1.54, 1.807) is 19.3 Å². The van der Waals surface area contributed by atoms with Crippen molar-refractivity contribution in [3.63, 3.8) is 0 Å². The summed E-state index contributed by atoms with van der Waals surface area (Å²) < 4.78 is 21.2. The van der Waals surface area contributed by atoms with Crippen LogP contribution in [0.25, 0.3) is 6.08 Å². The van der Waals surface area contributed by atoms with Gasteiger partial charge < -0.3 is 24.3 Å². The van der Waals surface area contributed by atoms with Crippen LogP contribution in [0.5, 0.6) is 17.2 Å². The number of fused-ring (bicyclic) bond motifs is 1. The second-order valence-corrected chi connectivity index (χ2v) is 6.26. The minimum atomic E-state index is -0.599. The molecule has 0 fully saturated rings. The molecule has 29 heavy (non-hydrogen) atoms. The van der Waals surface area contributed by atoms with E-state index in [4.69, 9.17) is 18.9 Å². The zero-order chi connectivity index (χ0) is 20.5. The molecule has 0 saturated carbocycles. The van der Waals surface area contributed by atoms with Gasteiger partial charge in [-0.15, -0.1) is 0 Å². The van der Waals surface area contributed by atoms with Crippen LogP contribution in [0.15, 0.2) is 48.5 Å². The highest BCUT2D eigenvalue weighted by atomic mass is 16.6. The number of hydrogen-bond donors (Lipinski definition) is 1. The molecule has 7 heteroatoms. The van der Waals surface area contributed by atoms with E-state index in [1.807, 2.05) is 36.4 Å². The molecule has 1 amide bonds. The van der Waals surface area contributed by atoms with E-state index in [9.17, 15) is 9.59 Å². The molecule has 0 aromatic heterocycles. The predicted molar refractivity (Wildman–Crippen MR) is 107 cm³/mol. The molecule has 0 aliphatic carbocycles. The average molecular weight is 397 g/mol. The highest BCUT2D eigenvalue weighted by molar-refractivity contribution is 5.89. The van der Waals surface area contributed by atoms with Crippen molar-refractivity contribution in [3.8, 4) is 17.2 Å². The van der Waals surface area contributed by atoms with Crippen molar-refractivity contribution in [2.45, 2.75) is 6.42 Å². The third-order valence-electron chi connectivity index (χ3n) is 4.23. The van der Waals surface area contributed by atoms with Crippen LogP contribution in [0.1, 0.15) is 11.1 Å². The standard InChI is InChI=1S/C22H23NO6/c1-26-18-5-3-2-4-17(18)7-9-22(25)29-15-21(24)23-11-10-16-6-8-19-20(14-16)28-13-12-27-19/h2-9,14H,10-13,15H2,1H3,(H,23,24). The van der Waals surface area contributed by atoms with Gasteiger partial charge in [-0.3, -0.25) is 4.79 Å². The molecule has 2 aromatic rings. The van der Waals surface area contributed by atoms with Crippen molar-refractivity contribution in [2.75, 3.05) is 33.5 Å². The molecular weight excluding hydrogens is 374 g/mol. The molecule has 0 radical (unpaired) electrons. The second kappa shape index (κ2) is 10.2. The van der Waals surface area contributed by atoms with Crippen molar-refractivity contribution >= 4 is 18.0 Å². The van der Waals surface area contributed by atoms with Gasteiger partial charge in [-0.2, -0.15) is 0 Å². The molecule has 1 heterocycles. The number of carbonyl (C=O) groups is 2. The molecule has 1 aliphatic rings. The number of para-hydroxylation sites is 1. The first-order valence-electron chi connectivity index (χ1n) is 9.29. The molecule has 0 unspecified atom stereocenters. The zero-order valence-electron chi connectivity index (χ0n) is 16.2. The van der Waals surface area contributed by atoms with Gasteiger partial charge in [-0.25, -0.2) is 4.79 Å². The maximum Gasteiger partial charge on any atom is 0.331 e. The summed E-state index contributed by atoms with van der Waals surface area (Å²) in [4.78, 5) is 23.7. The molecule has 2 aromatic carbocycles. The Hall–Kier alpha value is -3.48. The van der Waals surface area contributed by atoms with E-state index in [2.05, 4.69) is 5.32 Å². The second-order valence-electron chi connectivity index (χ2n) is 6.26. The van der Waals surface area contributed by atoms with Gasteiger partial charge in [0.15, 0.2) is 18.1 Å². The topological polar surface area (TPSA) is 83.1 Å². The molecular formula is C22H23NO6. The summed E-state index contributed by atoms with van der Waals surface area (Å²) >= 11 is 0. The van der Waals surface area contributed by atoms with Crippen LogP contribution in [-0.2, 0) is 20.7 Å². The van der Waals surface area contributed by atoms with Gasteiger partial charge in [0.05, 0.1) is 7.11 Å². The van der Waals surface area contributed by atoms with Crippen LogP contribution in [0.4, 0.5) is 0 Å². The lowest BCUT2D eigenvalue weighted by Crippen LogP contribution is -2.30. The minimum absolute atomic E-state index is 0.337. The number of carbonyl (C=O) groups excluding carboxylic acids is 2. The maximum atomic E-state index is 11.9. The van der Waals surface area contributed by atoms with Gasteiger partial charge >= 0.3 is 5.97 Å². The number of hydrogen-bond acceptors (Lipinski definition) is 6. The fourth-order valence-corrected chi connectivity index (χ4v) is 2.79. The van der Waals surface area contributed by atoms with Crippen molar-refractivity contribution in [2.24, 2.45) is 0 Å². The summed E-state index contributed by atoms with van der Waals surface area (Å²) in [5.41, 5.74) is 1.77. The molecule has 7 nitrogen and oxygen atoms in total.